The van der Waals surface area contributed by atoms with Gasteiger partial charge in [-0.3, -0.25) is 0 Å². The van der Waals surface area contributed by atoms with Crippen LogP contribution >= 0.6 is 0 Å². The third kappa shape index (κ3) is 2.09. The molecule has 2 N–H and O–H groups in total. The van der Waals surface area contributed by atoms with Crippen molar-refractivity contribution in [2.75, 3.05) is 0 Å². The van der Waals surface area contributed by atoms with Crippen molar-refractivity contribution in [1.29, 1.82) is 0 Å². The first-order valence-electron chi connectivity index (χ1n) is 5.28. The van der Waals surface area contributed by atoms with Gasteiger partial charge in [0, 0.05) is 0 Å². The topological polar surface area (TPSA) is 40.5 Å². The molecule has 0 aliphatic carbocycles. The molecule has 0 heterocycles. The first-order chi connectivity index (χ1) is 7.99. The van der Waals surface area contributed by atoms with E-state index in [1.807, 2.05) is 0 Å². The molecule has 0 spiro atoms. The second-order valence-electron chi connectivity index (χ2n) is 4.12. The van der Waals surface area contributed by atoms with Crippen LogP contribution in [0, 0.1) is 19.7 Å². The minimum atomic E-state index is -0.647. The fraction of sp³-hybridized carbons (Fsp3) is 0.143. The second-order valence-corrected chi connectivity index (χ2v) is 4.12. The van der Waals surface area contributed by atoms with Gasteiger partial charge >= 0.3 is 0 Å². The largest absolute Gasteiger partial charge is 0.507 e. The average molecular weight is 232 g/mol. The predicted molar refractivity (Wildman–Crippen MR) is 64.6 cm³/mol. The van der Waals surface area contributed by atoms with Gasteiger partial charge in [0.1, 0.15) is 5.75 Å². The van der Waals surface area contributed by atoms with Gasteiger partial charge in [-0.2, -0.15) is 0 Å². The number of rotatable bonds is 1. The molecule has 0 unspecified atom stereocenters. The fourth-order valence-corrected chi connectivity index (χ4v) is 1.81. The van der Waals surface area contributed by atoms with Gasteiger partial charge in [-0.1, -0.05) is 6.07 Å². The van der Waals surface area contributed by atoms with Crippen LogP contribution in [-0.4, -0.2) is 10.2 Å². The number of aryl methyl sites for hydroxylation is 2. The molecule has 0 atom stereocenters. The normalized spacial score (nSPS) is 10.5. The number of aromatic hydroxyl groups is 2. The molecule has 2 aromatic rings. The van der Waals surface area contributed by atoms with Crippen LogP contribution in [0.15, 0.2) is 30.3 Å². The lowest BCUT2D eigenvalue weighted by Gasteiger charge is -2.08. The standard InChI is InChI=1S/C14H13FO2/c1-8-5-11(6-9(2)14(8)17)10-3-4-13(16)12(15)7-10/h3-7,16-17H,1-2H3. The van der Waals surface area contributed by atoms with Crippen molar-refractivity contribution in [3.63, 3.8) is 0 Å². The Bertz CT molecular complexity index is 553. The zero-order chi connectivity index (χ0) is 12.6. The molecular weight excluding hydrogens is 219 g/mol. The summed E-state index contributed by atoms with van der Waals surface area (Å²) in [5.74, 6) is -0.750. The van der Waals surface area contributed by atoms with E-state index in [4.69, 9.17) is 5.11 Å². The summed E-state index contributed by atoms with van der Waals surface area (Å²) in [6.45, 7) is 3.59. The lowest BCUT2D eigenvalue weighted by atomic mass is 9.99. The highest BCUT2D eigenvalue weighted by atomic mass is 19.1. The Hall–Kier alpha value is -2.03. The highest BCUT2D eigenvalue weighted by Crippen LogP contribution is 2.30. The van der Waals surface area contributed by atoms with E-state index < -0.39 is 5.82 Å². The molecule has 2 rings (SSSR count). The molecule has 0 aromatic heterocycles. The summed E-state index contributed by atoms with van der Waals surface area (Å²) in [6, 6.07) is 7.81. The number of hydrogen-bond donors (Lipinski definition) is 2. The van der Waals surface area contributed by atoms with E-state index in [-0.39, 0.29) is 11.5 Å². The third-order valence-electron chi connectivity index (χ3n) is 2.77. The summed E-state index contributed by atoms with van der Waals surface area (Å²) >= 11 is 0. The van der Waals surface area contributed by atoms with Crippen LogP contribution in [0.1, 0.15) is 11.1 Å². The number of hydrogen-bond acceptors (Lipinski definition) is 2. The number of halogens is 1. The first-order valence-corrected chi connectivity index (χ1v) is 5.28. The molecule has 0 saturated heterocycles. The Kier molecular flexibility index (Phi) is 2.76. The van der Waals surface area contributed by atoms with Crippen LogP contribution < -0.4 is 0 Å². The Morgan fingerprint density at radius 3 is 2.00 bits per heavy atom. The molecule has 3 heteroatoms. The maximum absolute atomic E-state index is 13.2. The van der Waals surface area contributed by atoms with Gasteiger partial charge in [-0.15, -0.1) is 0 Å². The maximum Gasteiger partial charge on any atom is 0.165 e. The van der Waals surface area contributed by atoms with Crippen LogP contribution in [-0.2, 0) is 0 Å². The van der Waals surface area contributed by atoms with Gasteiger partial charge in [-0.25, -0.2) is 4.39 Å². The molecule has 0 amide bonds. The van der Waals surface area contributed by atoms with E-state index in [0.717, 1.165) is 16.7 Å². The third-order valence-corrected chi connectivity index (χ3v) is 2.77. The first kappa shape index (κ1) is 11.5. The van der Waals surface area contributed by atoms with Gasteiger partial charge in [0.2, 0.25) is 0 Å². The van der Waals surface area contributed by atoms with Crippen molar-refractivity contribution >= 4 is 0 Å². The SMILES string of the molecule is Cc1cc(-c2ccc(O)c(F)c2)cc(C)c1O. The molecule has 0 radical (unpaired) electrons. The number of benzene rings is 2. The Morgan fingerprint density at radius 2 is 1.47 bits per heavy atom. The van der Waals surface area contributed by atoms with E-state index in [0.29, 0.717) is 5.56 Å². The lowest BCUT2D eigenvalue weighted by molar-refractivity contribution is 0.432. The minimum Gasteiger partial charge on any atom is -0.507 e. The number of phenolic OH excluding ortho intramolecular Hbond substituents is 2. The van der Waals surface area contributed by atoms with Crippen LogP contribution in [0.3, 0.4) is 0 Å². The van der Waals surface area contributed by atoms with E-state index in [1.54, 1.807) is 32.0 Å². The highest BCUT2D eigenvalue weighted by Gasteiger charge is 2.07. The van der Waals surface area contributed by atoms with Crippen molar-refractivity contribution in [3.05, 3.63) is 47.3 Å². The summed E-state index contributed by atoms with van der Waals surface area (Å²) in [5, 5.41) is 18.8. The second kappa shape index (κ2) is 4.09. The lowest BCUT2D eigenvalue weighted by Crippen LogP contribution is -1.86. The fourth-order valence-electron chi connectivity index (χ4n) is 1.81. The van der Waals surface area contributed by atoms with Gasteiger partial charge in [0.25, 0.3) is 0 Å². The van der Waals surface area contributed by atoms with E-state index in [1.165, 1.54) is 12.1 Å². The van der Waals surface area contributed by atoms with E-state index in [9.17, 15) is 9.50 Å². The van der Waals surface area contributed by atoms with Crippen LogP contribution in [0.2, 0.25) is 0 Å². The molecule has 2 nitrogen and oxygen atoms in total. The van der Waals surface area contributed by atoms with E-state index >= 15 is 0 Å². The Balaban J connectivity index is 2.57. The van der Waals surface area contributed by atoms with Crippen LogP contribution in [0.25, 0.3) is 11.1 Å². The number of phenols is 2. The van der Waals surface area contributed by atoms with Crippen LogP contribution in [0.4, 0.5) is 4.39 Å². The monoisotopic (exact) mass is 232 g/mol. The molecule has 0 saturated carbocycles. The zero-order valence-electron chi connectivity index (χ0n) is 9.66. The molecule has 0 aliphatic heterocycles. The summed E-state index contributed by atoms with van der Waals surface area (Å²) in [7, 11) is 0. The molecule has 0 fully saturated rings. The smallest absolute Gasteiger partial charge is 0.165 e. The zero-order valence-corrected chi connectivity index (χ0v) is 9.66. The van der Waals surface area contributed by atoms with E-state index in [2.05, 4.69) is 0 Å². The maximum atomic E-state index is 13.2. The van der Waals surface area contributed by atoms with Crippen molar-refractivity contribution in [1.82, 2.24) is 0 Å². The van der Waals surface area contributed by atoms with Gasteiger partial charge < -0.3 is 10.2 Å². The van der Waals surface area contributed by atoms with Crippen molar-refractivity contribution < 1.29 is 14.6 Å². The molecule has 2 aromatic carbocycles. The highest BCUT2D eigenvalue weighted by molar-refractivity contribution is 5.67. The van der Waals surface area contributed by atoms with Crippen LogP contribution in [0.5, 0.6) is 11.5 Å². The Labute approximate surface area is 99.0 Å². The molecular formula is C14H13FO2. The summed E-state index contributed by atoms with van der Waals surface area (Å²) in [4.78, 5) is 0. The van der Waals surface area contributed by atoms with Gasteiger partial charge in [-0.05, 0) is 60.4 Å². The Morgan fingerprint density at radius 1 is 0.882 bits per heavy atom. The van der Waals surface area contributed by atoms with Gasteiger partial charge in [0.15, 0.2) is 11.6 Å². The molecule has 0 bridgehead atoms. The molecule has 17 heavy (non-hydrogen) atoms. The summed E-state index contributed by atoms with van der Waals surface area (Å²) in [5.41, 5.74) is 2.98. The molecule has 88 valence electrons. The predicted octanol–water partition coefficient (Wildman–Crippen LogP) is 3.52. The summed E-state index contributed by atoms with van der Waals surface area (Å²) < 4.78 is 13.2. The summed E-state index contributed by atoms with van der Waals surface area (Å²) in [6.07, 6.45) is 0. The van der Waals surface area contributed by atoms with Crippen molar-refractivity contribution in [2.45, 2.75) is 13.8 Å². The molecule has 0 aliphatic rings. The minimum absolute atomic E-state index is 0.257. The van der Waals surface area contributed by atoms with Gasteiger partial charge in [0.05, 0.1) is 0 Å². The quantitative estimate of drug-likeness (QED) is 0.789. The van der Waals surface area contributed by atoms with Crippen molar-refractivity contribution in [2.24, 2.45) is 0 Å². The average Bonchev–Trinajstić information content (AvgIpc) is 2.29. The van der Waals surface area contributed by atoms with Crippen molar-refractivity contribution in [3.8, 4) is 22.6 Å².